The van der Waals surface area contributed by atoms with Crippen molar-refractivity contribution in [1.29, 1.82) is 0 Å². The predicted octanol–water partition coefficient (Wildman–Crippen LogP) is 3.89. The monoisotopic (exact) mass is 306 g/mol. The van der Waals surface area contributed by atoms with Gasteiger partial charge < -0.3 is 10.1 Å². The topological polar surface area (TPSA) is 51.2 Å². The second-order valence-electron chi connectivity index (χ2n) is 5.37. The van der Waals surface area contributed by atoms with Crippen molar-refractivity contribution in [2.45, 2.75) is 26.3 Å². The second-order valence-corrected chi connectivity index (χ2v) is 5.81. The van der Waals surface area contributed by atoms with E-state index in [1.165, 1.54) is 7.11 Å². The zero-order valence-corrected chi connectivity index (χ0v) is 13.1. The maximum atomic E-state index is 11.9. The molecule has 4 nitrogen and oxygen atoms in total. The normalized spacial score (nSPS) is 12.4. The molecule has 0 aliphatic carbocycles. The van der Waals surface area contributed by atoms with Crippen LogP contribution in [0.5, 0.6) is 0 Å². The number of anilines is 1. The number of carbonyl (C=O) groups is 1. The summed E-state index contributed by atoms with van der Waals surface area (Å²) in [5.74, 6) is 0.117. The molecular formula is C16H19ClN2O2. The highest BCUT2D eigenvalue weighted by atomic mass is 35.5. The number of pyridine rings is 1. The number of rotatable bonds is 5. The van der Waals surface area contributed by atoms with Gasteiger partial charge in [-0.2, -0.15) is 0 Å². The molecule has 1 heterocycles. The van der Waals surface area contributed by atoms with Crippen LogP contribution in [-0.2, 0) is 9.53 Å². The van der Waals surface area contributed by atoms with E-state index in [-0.39, 0.29) is 12.0 Å². The molecule has 0 saturated carbocycles. The fraction of sp³-hybridized carbons (Fsp3) is 0.375. The number of nitrogens with zero attached hydrogens (tertiary/aromatic N) is 1. The van der Waals surface area contributed by atoms with Crippen LogP contribution >= 0.6 is 11.6 Å². The molecule has 1 N–H and O–H groups in total. The minimum atomic E-state index is -0.378. The summed E-state index contributed by atoms with van der Waals surface area (Å²) in [6, 6.07) is 6.99. The lowest BCUT2D eigenvalue weighted by Gasteiger charge is -2.20. The largest absolute Gasteiger partial charge is 0.467 e. The maximum Gasteiger partial charge on any atom is 0.328 e. The van der Waals surface area contributed by atoms with Gasteiger partial charge >= 0.3 is 5.97 Å². The summed E-state index contributed by atoms with van der Waals surface area (Å²) in [6.07, 6.45) is 2.40. The third-order valence-electron chi connectivity index (χ3n) is 3.23. The molecule has 0 radical (unpaired) electrons. The van der Waals surface area contributed by atoms with Crippen LogP contribution in [0.15, 0.2) is 30.5 Å². The molecule has 0 aliphatic heterocycles. The predicted molar refractivity (Wildman–Crippen MR) is 85.6 cm³/mol. The summed E-state index contributed by atoms with van der Waals surface area (Å²) in [7, 11) is 1.40. The van der Waals surface area contributed by atoms with E-state index in [4.69, 9.17) is 16.3 Å². The third-order valence-corrected chi connectivity index (χ3v) is 3.46. The van der Waals surface area contributed by atoms with Crippen LogP contribution in [0.3, 0.4) is 0 Å². The lowest BCUT2D eigenvalue weighted by atomic mass is 10.0. The Bertz CT molecular complexity index is 643. The third kappa shape index (κ3) is 3.85. The van der Waals surface area contributed by atoms with Gasteiger partial charge in [-0.25, -0.2) is 4.79 Å². The van der Waals surface area contributed by atoms with Gasteiger partial charge in [-0.15, -0.1) is 0 Å². The van der Waals surface area contributed by atoms with E-state index in [0.29, 0.717) is 17.4 Å². The standard InChI is InChI=1S/C16H19ClN2O2/c1-10(2)8-15(16(20)21-3)19-13-6-7-18-14-9-11(17)4-5-12(13)14/h4-7,9-10,15H,8H2,1-3H3,(H,18,19). The Labute approximate surface area is 129 Å². The van der Waals surface area contributed by atoms with E-state index in [9.17, 15) is 4.79 Å². The molecule has 1 aromatic heterocycles. The van der Waals surface area contributed by atoms with E-state index >= 15 is 0 Å². The first kappa shape index (κ1) is 15.6. The molecule has 1 unspecified atom stereocenters. The van der Waals surface area contributed by atoms with Crippen molar-refractivity contribution in [3.8, 4) is 0 Å². The number of hydrogen-bond donors (Lipinski definition) is 1. The van der Waals surface area contributed by atoms with Gasteiger partial charge in [-0.3, -0.25) is 4.98 Å². The zero-order valence-electron chi connectivity index (χ0n) is 12.4. The smallest absolute Gasteiger partial charge is 0.328 e. The molecule has 0 fully saturated rings. The molecule has 0 amide bonds. The Kier molecular flexibility index (Phi) is 5.02. The summed E-state index contributed by atoms with van der Waals surface area (Å²) >= 11 is 5.98. The minimum absolute atomic E-state index is 0.261. The maximum absolute atomic E-state index is 11.9. The van der Waals surface area contributed by atoms with Crippen LogP contribution in [0.1, 0.15) is 20.3 Å². The number of carbonyl (C=O) groups excluding carboxylic acids is 1. The number of halogens is 1. The fourth-order valence-electron chi connectivity index (χ4n) is 2.26. The van der Waals surface area contributed by atoms with Gasteiger partial charge in [0.1, 0.15) is 6.04 Å². The summed E-state index contributed by atoms with van der Waals surface area (Å²) in [5, 5.41) is 4.83. The van der Waals surface area contributed by atoms with Gasteiger partial charge in [0.15, 0.2) is 0 Å². The number of benzene rings is 1. The van der Waals surface area contributed by atoms with Crippen LogP contribution in [0, 0.1) is 5.92 Å². The molecule has 1 atom stereocenters. The van der Waals surface area contributed by atoms with Crippen molar-refractivity contribution < 1.29 is 9.53 Å². The van der Waals surface area contributed by atoms with Gasteiger partial charge in [0.05, 0.1) is 12.6 Å². The van der Waals surface area contributed by atoms with Crippen LogP contribution < -0.4 is 5.32 Å². The van der Waals surface area contributed by atoms with Crippen LogP contribution in [-0.4, -0.2) is 24.1 Å². The van der Waals surface area contributed by atoms with Gasteiger partial charge in [-0.1, -0.05) is 25.4 Å². The molecule has 5 heteroatoms. The number of fused-ring (bicyclic) bond motifs is 1. The summed E-state index contributed by atoms with van der Waals surface area (Å²) in [4.78, 5) is 16.2. The summed E-state index contributed by atoms with van der Waals surface area (Å²) in [6.45, 7) is 4.14. The fourth-order valence-corrected chi connectivity index (χ4v) is 2.43. The number of ether oxygens (including phenoxy) is 1. The van der Waals surface area contributed by atoms with Crippen molar-refractivity contribution in [2.75, 3.05) is 12.4 Å². The number of hydrogen-bond acceptors (Lipinski definition) is 4. The van der Waals surface area contributed by atoms with Crippen molar-refractivity contribution >= 4 is 34.2 Å². The van der Waals surface area contributed by atoms with Crippen molar-refractivity contribution in [1.82, 2.24) is 4.98 Å². The summed E-state index contributed by atoms with van der Waals surface area (Å²) in [5.41, 5.74) is 1.65. The molecule has 0 bridgehead atoms. The average molecular weight is 307 g/mol. The van der Waals surface area contributed by atoms with E-state index < -0.39 is 0 Å². The number of methoxy groups -OCH3 is 1. The van der Waals surface area contributed by atoms with Gasteiger partial charge in [0.2, 0.25) is 0 Å². The molecule has 0 aliphatic rings. The van der Waals surface area contributed by atoms with Gasteiger partial charge in [-0.05, 0) is 36.6 Å². The first-order valence-corrected chi connectivity index (χ1v) is 7.27. The molecule has 0 spiro atoms. The molecule has 2 rings (SSSR count). The second kappa shape index (κ2) is 6.76. The molecule has 0 saturated heterocycles. The quantitative estimate of drug-likeness (QED) is 0.852. The minimum Gasteiger partial charge on any atom is -0.467 e. The Morgan fingerprint density at radius 1 is 1.38 bits per heavy atom. The Hall–Kier alpha value is -1.81. The highest BCUT2D eigenvalue weighted by Crippen LogP contribution is 2.25. The van der Waals surface area contributed by atoms with Crippen LogP contribution in [0.25, 0.3) is 10.9 Å². The van der Waals surface area contributed by atoms with Crippen LogP contribution in [0.2, 0.25) is 5.02 Å². The highest BCUT2D eigenvalue weighted by molar-refractivity contribution is 6.31. The van der Waals surface area contributed by atoms with Crippen molar-refractivity contribution in [2.24, 2.45) is 5.92 Å². The lowest BCUT2D eigenvalue weighted by molar-refractivity contribution is -0.141. The van der Waals surface area contributed by atoms with E-state index in [0.717, 1.165) is 16.6 Å². The molecule has 112 valence electrons. The number of esters is 1. The zero-order chi connectivity index (χ0) is 15.4. The SMILES string of the molecule is COC(=O)C(CC(C)C)Nc1ccnc2cc(Cl)ccc12. The Morgan fingerprint density at radius 2 is 2.14 bits per heavy atom. The molecule has 2 aromatic rings. The Balaban J connectivity index is 2.34. The number of aromatic nitrogens is 1. The Morgan fingerprint density at radius 3 is 2.81 bits per heavy atom. The molecular weight excluding hydrogens is 288 g/mol. The number of nitrogens with one attached hydrogen (secondary N) is 1. The molecule has 1 aromatic carbocycles. The van der Waals surface area contributed by atoms with Gasteiger partial charge in [0, 0.05) is 22.3 Å². The first-order chi connectivity index (χ1) is 10.0. The lowest BCUT2D eigenvalue weighted by Crippen LogP contribution is -2.32. The van der Waals surface area contributed by atoms with E-state index in [2.05, 4.69) is 24.1 Å². The molecule has 21 heavy (non-hydrogen) atoms. The van der Waals surface area contributed by atoms with E-state index in [1.807, 2.05) is 18.2 Å². The first-order valence-electron chi connectivity index (χ1n) is 6.90. The highest BCUT2D eigenvalue weighted by Gasteiger charge is 2.21. The van der Waals surface area contributed by atoms with Gasteiger partial charge in [0.25, 0.3) is 0 Å². The summed E-state index contributed by atoms with van der Waals surface area (Å²) < 4.78 is 4.88. The van der Waals surface area contributed by atoms with Crippen LogP contribution in [0.4, 0.5) is 5.69 Å². The van der Waals surface area contributed by atoms with E-state index in [1.54, 1.807) is 12.3 Å². The van der Waals surface area contributed by atoms with Crippen molar-refractivity contribution in [3.63, 3.8) is 0 Å². The van der Waals surface area contributed by atoms with Crippen molar-refractivity contribution in [3.05, 3.63) is 35.5 Å². The average Bonchev–Trinajstić information content (AvgIpc) is 2.45.